The van der Waals surface area contributed by atoms with E-state index in [4.69, 9.17) is 14.2 Å². The molecule has 0 aromatic heterocycles. The minimum absolute atomic E-state index is 0.395. The van der Waals surface area contributed by atoms with Crippen LogP contribution in [-0.4, -0.2) is 33.0 Å². The second kappa shape index (κ2) is 7.39. The van der Waals surface area contributed by atoms with Crippen molar-refractivity contribution in [2.45, 2.75) is 44.8 Å². The lowest BCUT2D eigenvalue weighted by Crippen LogP contribution is -2.33. The molecule has 0 spiro atoms. The smallest absolute Gasteiger partial charge is 0.162 e. The van der Waals surface area contributed by atoms with Gasteiger partial charge in [0.15, 0.2) is 11.5 Å². The number of benzene rings is 1. The van der Waals surface area contributed by atoms with Crippen molar-refractivity contribution in [1.82, 2.24) is 0 Å². The molecule has 4 heteroatoms. The van der Waals surface area contributed by atoms with Crippen LogP contribution in [0, 0.1) is 0 Å². The lowest BCUT2D eigenvalue weighted by atomic mass is 10.00. The maximum absolute atomic E-state index is 5.78. The van der Waals surface area contributed by atoms with Gasteiger partial charge in [-0.15, -0.1) is 0 Å². The molecule has 112 valence electrons. The molecule has 20 heavy (non-hydrogen) atoms. The van der Waals surface area contributed by atoms with E-state index >= 15 is 0 Å². The first kappa shape index (κ1) is 15.0. The minimum Gasteiger partial charge on any atom is -0.493 e. The summed E-state index contributed by atoms with van der Waals surface area (Å²) in [4.78, 5) is 0. The molecule has 1 heterocycles. The zero-order valence-corrected chi connectivity index (χ0v) is 12.6. The van der Waals surface area contributed by atoms with Gasteiger partial charge in [0.2, 0.25) is 0 Å². The van der Waals surface area contributed by atoms with Gasteiger partial charge in [-0.2, -0.15) is 0 Å². The third-order valence-corrected chi connectivity index (χ3v) is 3.73. The Morgan fingerprint density at radius 2 is 2.05 bits per heavy atom. The molecule has 2 unspecified atom stereocenters. The Kier molecular flexibility index (Phi) is 5.53. The summed E-state index contributed by atoms with van der Waals surface area (Å²) in [5.74, 6) is 1.52. The zero-order chi connectivity index (χ0) is 14.4. The molecule has 0 bridgehead atoms. The van der Waals surface area contributed by atoms with Gasteiger partial charge in [0.25, 0.3) is 0 Å². The second-order valence-electron chi connectivity index (χ2n) is 5.22. The SMILES string of the molecule is CCCC1CC(Nc2ccc(OC)c(OC)c2)CCO1. The van der Waals surface area contributed by atoms with Crippen molar-refractivity contribution in [1.29, 1.82) is 0 Å². The van der Waals surface area contributed by atoms with Crippen LogP contribution in [0.15, 0.2) is 18.2 Å². The van der Waals surface area contributed by atoms with Gasteiger partial charge in [0.05, 0.1) is 20.3 Å². The van der Waals surface area contributed by atoms with Crippen LogP contribution in [0.25, 0.3) is 0 Å². The van der Waals surface area contributed by atoms with Crippen LogP contribution in [0.1, 0.15) is 32.6 Å². The molecule has 0 amide bonds. The molecule has 2 rings (SSSR count). The molecule has 0 aliphatic carbocycles. The van der Waals surface area contributed by atoms with Crippen LogP contribution < -0.4 is 14.8 Å². The van der Waals surface area contributed by atoms with Gasteiger partial charge in [0.1, 0.15) is 0 Å². The van der Waals surface area contributed by atoms with Crippen molar-refractivity contribution >= 4 is 5.69 Å². The van der Waals surface area contributed by atoms with E-state index in [-0.39, 0.29) is 0 Å². The molecular formula is C16H25NO3. The summed E-state index contributed by atoms with van der Waals surface area (Å²) in [6.45, 7) is 3.05. The van der Waals surface area contributed by atoms with Gasteiger partial charge in [-0.1, -0.05) is 13.3 Å². The molecule has 1 aliphatic rings. The Hall–Kier alpha value is -1.42. The van der Waals surface area contributed by atoms with Gasteiger partial charge in [-0.25, -0.2) is 0 Å². The van der Waals surface area contributed by atoms with E-state index in [1.807, 2.05) is 18.2 Å². The Labute approximate surface area is 121 Å². The molecule has 1 saturated heterocycles. The summed E-state index contributed by atoms with van der Waals surface area (Å²) in [7, 11) is 3.31. The van der Waals surface area contributed by atoms with Crippen LogP contribution in [0.5, 0.6) is 11.5 Å². The second-order valence-corrected chi connectivity index (χ2v) is 5.22. The van der Waals surface area contributed by atoms with Gasteiger partial charge in [-0.05, 0) is 31.4 Å². The molecule has 1 aromatic carbocycles. The van der Waals surface area contributed by atoms with E-state index < -0.39 is 0 Å². The summed E-state index contributed by atoms with van der Waals surface area (Å²) in [6.07, 6.45) is 4.83. The maximum Gasteiger partial charge on any atom is 0.162 e. The lowest BCUT2D eigenvalue weighted by Gasteiger charge is -2.30. The predicted molar refractivity (Wildman–Crippen MR) is 80.8 cm³/mol. The number of ether oxygens (including phenoxy) is 3. The number of hydrogen-bond donors (Lipinski definition) is 1. The topological polar surface area (TPSA) is 39.7 Å². The number of hydrogen-bond acceptors (Lipinski definition) is 4. The fourth-order valence-electron chi connectivity index (χ4n) is 2.70. The van der Waals surface area contributed by atoms with Crippen LogP contribution in [-0.2, 0) is 4.74 Å². The molecule has 1 fully saturated rings. The molecule has 4 nitrogen and oxygen atoms in total. The standard InChI is InChI=1S/C16H25NO3/c1-4-5-14-10-13(8-9-20-14)17-12-6-7-15(18-2)16(11-12)19-3/h6-7,11,13-14,17H,4-5,8-10H2,1-3H3. The number of nitrogens with one attached hydrogen (secondary N) is 1. The largest absolute Gasteiger partial charge is 0.493 e. The molecule has 2 atom stereocenters. The van der Waals surface area contributed by atoms with Crippen LogP contribution >= 0.6 is 0 Å². The van der Waals surface area contributed by atoms with Crippen molar-refractivity contribution in [3.63, 3.8) is 0 Å². The maximum atomic E-state index is 5.78. The molecular weight excluding hydrogens is 254 g/mol. The van der Waals surface area contributed by atoms with Gasteiger partial charge in [0, 0.05) is 24.4 Å². The average molecular weight is 279 g/mol. The van der Waals surface area contributed by atoms with Crippen LogP contribution in [0.4, 0.5) is 5.69 Å². The van der Waals surface area contributed by atoms with Crippen molar-refractivity contribution in [3.8, 4) is 11.5 Å². The normalized spacial score (nSPS) is 22.4. The minimum atomic E-state index is 0.395. The van der Waals surface area contributed by atoms with Crippen LogP contribution in [0.2, 0.25) is 0 Å². The Morgan fingerprint density at radius 1 is 1.25 bits per heavy atom. The molecule has 0 saturated carbocycles. The first-order valence-electron chi connectivity index (χ1n) is 7.37. The first-order chi connectivity index (χ1) is 9.76. The van der Waals surface area contributed by atoms with E-state index in [2.05, 4.69) is 12.2 Å². The lowest BCUT2D eigenvalue weighted by molar-refractivity contribution is 0.00598. The number of rotatable bonds is 6. The summed E-state index contributed by atoms with van der Waals surface area (Å²) in [6, 6.07) is 6.43. The van der Waals surface area contributed by atoms with Crippen LogP contribution in [0.3, 0.4) is 0 Å². The van der Waals surface area contributed by atoms with E-state index in [1.54, 1.807) is 14.2 Å². The summed E-state index contributed by atoms with van der Waals surface area (Å²) >= 11 is 0. The number of anilines is 1. The van der Waals surface area contributed by atoms with Crippen molar-refractivity contribution in [2.24, 2.45) is 0 Å². The molecule has 1 aliphatic heterocycles. The molecule has 0 radical (unpaired) electrons. The predicted octanol–water partition coefficient (Wildman–Crippen LogP) is 3.46. The quantitative estimate of drug-likeness (QED) is 0.865. The van der Waals surface area contributed by atoms with E-state index in [0.29, 0.717) is 12.1 Å². The van der Waals surface area contributed by atoms with Crippen molar-refractivity contribution in [3.05, 3.63) is 18.2 Å². The highest BCUT2D eigenvalue weighted by atomic mass is 16.5. The van der Waals surface area contributed by atoms with Gasteiger partial charge >= 0.3 is 0 Å². The summed E-state index contributed by atoms with van der Waals surface area (Å²) in [5.41, 5.74) is 1.07. The highest BCUT2D eigenvalue weighted by Crippen LogP contribution is 2.31. The van der Waals surface area contributed by atoms with E-state index in [0.717, 1.165) is 43.1 Å². The summed E-state index contributed by atoms with van der Waals surface area (Å²) < 4.78 is 16.4. The van der Waals surface area contributed by atoms with Gasteiger partial charge < -0.3 is 19.5 Å². The first-order valence-corrected chi connectivity index (χ1v) is 7.37. The third kappa shape index (κ3) is 3.79. The Bertz CT molecular complexity index is 420. The average Bonchev–Trinajstić information content (AvgIpc) is 2.48. The summed E-state index contributed by atoms with van der Waals surface area (Å²) in [5, 5.41) is 3.58. The highest BCUT2D eigenvalue weighted by Gasteiger charge is 2.22. The number of methoxy groups -OCH3 is 2. The highest BCUT2D eigenvalue weighted by molar-refractivity contribution is 5.55. The van der Waals surface area contributed by atoms with E-state index in [9.17, 15) is 0 Å². The molecule has 1 aromatic rings. The fraction of sp³-hybridized carbons (Fsp3) is 0.625. The van der Waals surface area contributed by atoms with E-state index in [1.165, 1.54) is 6.42 Å². The Balaban J connectivity index is 1.98. The molecule has 1 N–H and O–H groups in total. The fourth-order valence-corrected chi connectivity index (χ4v) is 2.70. The van der Waals surface area contributed by atoms with Gasteiger partial charge in [-0.3, -0.25) is 0 Å². The van der Waals surface area contributed by atoms with Crippen molar-refractivity contribution < 1.29 is 14.2 Å². The third-order valence-electron chi connectivity index (χ3n) is 3.73. The zero-order valence-electron chi connectivity index (χ0n) is 12.6. The monoisotopic (exact) mass is 279 g/mol. The Morgan fingerprint density at radius 3 is 2.75 bits per heavy atom. The van der Waals surface area contributed by atoms with Crippen molar-refractivity contribution in [2.75, 3.05) is 26.1 Å².